The van der Waals surface area contributed by atoms with Gasteiger partial charge in [0.1, 0.15) is 12.3 Å². The third-order valence-corrected chi connectivity index (χ3v) is 7.81. The maximum atomic E-state index is 13.1. The number of imidazole rings is 1. The molecule has 0 atom stereocenters. The standard InChI is InChI=1S/C23H25N3O6S/c27-23(32-16-18-15-25-9-2-1-4-22(25)24-18)17-7-10-26(11-8-17)33(28,29)19-5-6-20-21(14-19)31-13-3-12-30-20/h1-2,4-6,9,14-15,17H,3,7-8,10-13,16H2. The lowest BCUT2D eigenvalue weighted by Crippen LogP contribution is -2.40. The van der Waals surface area contributed by atoms with Gasteiger partial charge >= 0.3 is 5.97 Å². The maximum Gasteiger partial charge on any atom is 0.309 e. The van der Waals surface area contributed by atoms with Gasteiger partial charge in [0.15, 0.2) is 11.5 Å². The molecule has 10 heteroatoms. The van der Waals surface area contributed by atoms with Crippen molar-refractivity contribution in [3.05, 3.63) is 54.5 Å². The summed E-state index contributed by atoms with van der Waals surface area (Å²) in [5.74, 6) is 0.342. The van der Waals surface area contributed by atoms with Gasteiger partial charge < -0.3 is 18.6 Å². The smallest absolute Gasteiger partial charge is 0.309 e. The highest BCUT2D eigenvalue weighted by Gasteiger charge is 2.33. The summed E-state index contributed by atoms with van der Waals surface area (Å²) in [6, 6.07) is 10.4. The second kappa shape index (κ2) is 9.03. The van der Waals surface area contributed by atoms with Crippen molar-refractivity contribution in [2.45, 2.75) is 30.8 Å². The van der Waals surface area contributed by atoms with Crippen molar-refractivity contribution in [2.24, 2.45) is 5.92 Å². The van der Waals surface area contributed by atoms with Crippen LogP contribution in [0.25, 0.3) is 5.65 Å². The molecule has 2 aliphatic rings. The fourth-order valence-corrected chi connectivity index (χ4v) is 5.59. The predicted molar refractivity (Wildman–Crippen MR) is 119 cm³/mol. The van der Waals surface area contributed by atoms with E-state index in [9.17, 15) is 13.2 Å². The summed E-state index contributed by atoms with van der Waals surface area (Å²) in [6.45, 7) is 1.63. The highest BCUT2D eigenvalue weighted by Crippen LogP contribution is 2.34. The van der Waals surface area contributed by atoms with Crippen LogP contribution in [0.2, 0.25) is 0 Å². The van der Waals surface area contributed by atoms with E-state index in [1.165, 1.54) is 16.4 Å². The Morgan fingerprint density at radius 1 is 1.09 bits per heavy atom. The lowest BCUT2D eigenvalue weighted by atomic mass is 9.98. The van der Waals surface area contributed by atoms with E-state index in [1.807, 2.05) is 35.0 Å². The van der Waals surface area contributed by atoms with Crippen molar-refractivity contribution in [3.8, 4) is 11.5 Å². The van der Waals surface area contributed by atoms with Gasteiger partial charge in [-0.1, -0.05) is 6.07 Å². The molecule has 0 bridgehead atoms. The summed E-state index contributed by atoms with van der Waals surface area (Å²) < 4.78 is 46.2. The first kappa shape index (κ1) is 21.7. The van der Waals surface area contributed by atoms with E-state index in [2.05, 4.69) is 4.98 Å². The second-order valence-corrected chi connectivity index (χ2v) is 10.1. The Morgan fingerprint density at radius 2 is 1.88 bits per heavy atom. The molecule has 1 aromatic carbocycles. The number of pyridine rings is 1. The number of rotatable bonds is 5. The summed E-state index contributed by atoms with van der Waals surface area (Å²) in [5.41, 5.74) is 1.46. The van der Waals surface area contributed by atoms with Crippen molar-refractivity contribution >= 4 is 21.6 Å². The lowest BCUT2D eigenvalue weighted by molar-refractivity contribution is -0.151. The minimum absolute atomic E-state index is 0.0935. The Morgan fingerprint density at radius 3 is 2.67 bits per heavy atom. The molecule has 0 unspecified atom stereocenters. The number of fused-ring (bicyclic) bond motifs is 2. The molecule has 2 aliphatic heterocycles. The van der Waals surface area contributed by atoms with Gasteiger partial charge in [-0.2, -0.15) is 4.31 Å². The van der Waals surface area contributed by atoms with Gasteiger partial charge in [-0.15, -0.1) is 0 Å². The van der Waals surface area contributed by atoms with E-state index < -0.39 is 10.0 Å². The number of piperidine rings is 1. The molecule has 1 fully saturated rings. The average Bonchev–Trinajstić information content (AvgIpc) is 3.11. The van der Waals surface area contributed by atoms with E-state index in [4.69, 9.17) is 14.2 Å². The molecule has 0 spiro atoms. The van der Waals surface area contributed by atoms with Crippen molar-refractivity contribution in [3.63, 3.8) is 0 Å². The normalized spacial score (nSPS) is 17.6. The van der Waals surface area contributed by atoms with Crippen LogP contribution < -0.4 is 9.47 Å². The summed E-state index contributed by atoms with van der Waals surface area (Å²) in [7, 11) is -3.69. The van der Waals surface area contributed by atoms with Crippen molar-refractivity contribution in [1.82, 2.24) is 13.7 Å². The summed E-state index contributed by atoms with van der Waals surface area (Å²) in [5, 5.41) is 0. The Kier molecular flexibility index (Phi) is 5.94. The Hall–Kier alpha value is -3.11. The third kappa shape index (κ3) is 4.53. The molecular weight excluding hydrogens is 446 g/mol. The molecule has 1 saturated heterocycles. The van der Waals surface area contributed by atoms with Crippen LogP contribution in [0.15, 0.2) is 53.7 Å². The maximum absolute atomic E-state index is 13.1. The zero-order valence-corrected chi connectivity index (χ0v) is 18.9. The predicted octanol–water partition coefficient (Wildman–Crippen LogP) is 2.64. The molecule has 4 heterocycles. The Bertz CT molecular complexity index is 1230. The van der Waals surface area contributed by atoms with Crippen molar-refractivity contribution in [2.75, 3.05) is 26.3 Å². The van der Waals surface area contributed by atoms with Gasteiger partial charge in [-0.25, -0.2) is 13.4 Å². The van der Waals surface area contributed by atoms with Gasteiger partial charge in [-0.05, 0) is 37.1 Å². The molecule has 174 valence electrons. The summed E-state index contributed by atoms with van der Waals surface area (Å²) in [4.78, 5) is 17.1. The molecule has 0 saturated carbocycles. The molecule has 33 heavy (non-hydrogen) atoms. The SMILES string of the molecule is O=C(OCc1cn2ccccc2n1)C1CCN(S(=O)(=O)c2ccc3c(c2)OCCCO3)CC1. The number of hydrogen-bond acceptors (Lipinski definition) is 7. The van der Waals surface area contributed by atoms with Gasteiger partial charge in [0.25, 0.3) is 0 Å². The zero-order chi connectivity index (χ0) is 22.8. The molecule has 0 aliphatic carbocycles. The van der Waals surface area contributed by atoms with Crippen LogP contribution in [0.3, 0.4) is 0 Å². The van der Waals surface area contributed by atoms with Crippen LogP contribution in [0.1, 0.15) is 25.0 Å². The molecule has 2 aromatic heterocycles. The summed E-state index contributed by atoms with van der Waals surface area (Å²) >= 11 is 0. The van der Waals surface area contributed by atoms with Crippen LogP contribution in [0.4, 0.5) is 0 Å². The molecule has 0 N–H and O–H groups in total. The lowest BCUT2D eigenvalue weighted by Gasteiger charge is -2.30. The van der Waals surface area contributed by atoms with Crippen LogP contribution in [-0.2, 0) is 26.2 Å². The first-order valence-electron chi connectivity index (χ1n) is 11.0. The number of sulfonamides is 1. The molecule has 9 nitrogen and oxygen atoms in total. The Labute approximate surface area is 191 Å². The number of hydrogen-bond donors (Lipinski definition) is 0. The quantitative estimate of drug-likeness (QED) is 0.528. The van der Waals surface area contributed by atoms with Crippen LogP contribution >= 0.6 is 0 Å². The number of ether oxygens (including phenoxy) is 3. The third-order valence-electron chi connectivity index (χ3n) is 5.92. The molecule has 0 amide bonds. The fourth-order valence-electron chi connectivity index (χ4n) is 4.10. The number of carbonyl (C=O) groups is 1. The average molecular weight is 472 g/mol. The highest BCUT2D eigenvalue weighted by atomic mass is 32.2. The zero-order valence-electron chi connectivity index (χ0n) is 18.1. The number of benzene rings is 1. The van der Waals surface area contributed by atoms with E-state index in [0.717, 1.165) is 12.1 Å². The molecule has 0 radical (unpaired) electrons. The van der Waals surface area contributed by atoms with Gasteiger partial charge in [0.2, 0.25) is 10.0 Å². The first-order chi connectivity index (χ1) is 16.0. The fraction of sp³-hybridized carbons (Fsp3) is 0.391. The number of nitrogens with zero attached hydrogens (tertiary/aromatic N) is 3. The monoisotopic (exact) mass is 471 g/mol. The van der Waals surface area contributed by atoms with Gasteiger partial charge in [0, 0.05) is 38.0 Å². The highest BCUT2D eigenvalue weighted by molar-refractivity contribution is 7.89. The van der Waals surface area contributed by atoms with Crippen molar-refractivity contribution in [1.29, 1.82) is 0 Å². The van der Waals surface area contributed by atoms with Crippen LogP contribution in [0.5, 0.6) is 11.5 Å². The van der Waals surface area contributed by atoms with Gasteiger partial charge in [0.05, 0.1) is 29.7 Å². The molecule has 3 aromatic rings. The second-order valence-electron chi connectivity index (χ2n) is 8.14. The summed E-state index contributed by atoms with van der Waals surface area (Å²) in [6.07, 6.45) is 5.28. The molecule has 5 rings (SSSR count). The van der Waals surface area contributed by atoms with Gasteiger partial charge in [-0.3, -0.25) is 4.79 Å². The van der Waals surface area contributed by atoms with Crippen LogP contribution in [0, 0.1) is 5.92 Å². The number of aromatic nitrogens is 2. The largest absolute Gasteiger partial charge is 0.490 e. The minimum atomic E-state index is -3.69. The molecular formula is C23H25N3O6S. The minimum Gasteiger partial charge on any atom is -0.490 e. The van der Waals surface area contributed by atoms with E-state index in [0.29, 0.717) is 43.2 Å². The van der Waals surface area contributed by atoms with E-state index in [1.54, 1.807) is 6.07 Å². The van der Waals surface area contributed by atoms with Crippen LogP contribution in [-0.4, -0.2) is 54.4 Å². The van der Waals surface area contributed by atoms with Crippen molar-refractivity contribution < 1.29 is 27.4 Å². The first-order valence-corrected chi connectivity index (χ1v) is 12.4. The Balaban J connectivity index is 1.18. The number of esters is 1. The van der Waals surface area contributed by atoms with E-state index in [-0.39, 0.29) is 36.5 Å². The topological polar surface area (TPSA) is 99.4 Å². The number of carbonyl (C=O) groups excluding carboxylic acids is 1. The van der Waals surface area contributed by atoms with E-state index >= 15 is 0 Å².